The van der Waals surface area contributed by atoms with Gasteiger partial charge in [-0.15, -0.1) is 5.10 Å². The highest BCUT2D eigenvalue weighted by molar-refractivity contribution is 5.77. The molecular formula is C20H19F2N9O. The van der Waals surface area contributed by atoms with Gasteiger partial charge in [0, 0.05) is 17.8 Å². The standard InChI is InChI=1S/C20H19F2N9O/c1-11-7-17(27-12(2)26-11)29-16-8-15(23-9-24-16)28-14-6-4-5-13(18(14)32-3)19-25-10-31(30-19)20(21)22/h4-10,20H,1-3H3,(H2,23,24,26,27,28,29). The van der Waals surface area contributed by atoms with Gasteiger partial charge in [-0.2, -0.15) is 13.5 Å². The predicted octanol–water partition coefficient (Wildman–Crippen LogP) is 4.03. The van der Waals surface area contributed by atoms with E-state index in [0.717, 1.165) is 12.0 Å². The summed E-state index contributed by atoms with van der Waals surface area (Å²) in [5, 5.41) is 10.1. The highest BCUT2D eigenvalue weighted by atomic mass is 19.3. The van der Waals surface area contributed by atoms with E-state index < -0.39 is 6.55 Å². The Hall–Kier alpha value is -4.22. The van der Waals surface area contributed by atoms with E-state index in [1.54, 1.807) is 30.3 Å². The lowest BCUT2D eigenvalue weighted by Gasteiger charge is -2.14. The van der Waals surface area contributed by atoms with Crippen LogP contribution in [0.3, 0.4) is 0 Å². The second kappa shape index (κ2) is 8.88. The summed E-state index contributed by atoms with van der Waals surface area (Å²) in [5.41, 5.74) is 1.84. The van der Waals surface area contributed by atoms with E-state index >= 15 is 0 Å². The molecule has 0 unspecified atom stereocenters. The zero-order chi connectivity index (χ0) is 22.7. The summed E-state index contributed by atoms with van der Waals surface area (Å²) in [7, 11) is 1.47. The molecule has 0 amide bonds. The SMILES string of the molecule is COc1c(Nc2cc(Nc3cc(C)nc(C)n3)ncn2)cccc1-c1ncn(C(F)F)n1. The highest BCUT2D eigenvalue weighted by Gasteiger charge is 2.17. The van der Waals surface area contributed by atoms with E-state index in [0.29, 0.717) is 45.0 Å². The molecule has 0 atom stereocenters. The summed E-state index contributed by atoms with van der Waals surface area (Å²) >= 11 is 0. The highest BCUT2D eigenvalue weighted by Crippen LogP contribution is 2.36. The van der Waals surface area contributed by atoms with Crippen LogP contribution in [0.2, 0.25) is 0 Å². The summed E-state index contributed by atoms with van der Waals surface area (Å²) in [5.74, 6) is 2.75. The molecule has 2 N–H and O–H groups in total. The molecule has 4 aromatic rings. The maximum atomic E-state index is 12.9. The number of halogens is 2. The molecule has 0 aliphatic carbocycles. The first-order valence-corrected chi connectivity index (χ1v) is 9.48. The Kier molecular flexibility index (Phi) is 5.83. The lowest BCUT2D eigenvalue weighted by molar-refractivity contribution is 0.0564. The minimum absolute atomic E-state index is 0.116. The van der Waals surface area contributed by atoms with E-state index in [4.69, 9.17) is 4.74 Å². The van der Waals surface area contributed by atoms with Crippen molar-refractivity contribution in [2.75, 3.05) is 17.7 Å². The Morgan fingerprint density at radius 3 is 2.44 bits per heavy atom. The van der Waals surface area contributed by atoms with Crippen LogP contribution in [0.15, 0.2) is 43.0 Å². The van der Waals surface area contributed by atoms with Gasteiger partial charge >= 0.3 is 6.55 Å². The first-order chi connectivity index (χ1) is 15.4. The fourth-order valence-electron chi connectivity index (χ4n) is 3.07. The molecule has 3 heterocycles. The van der Waals surface area contributed by atoms with Crippen LogP contribution < -0.4 is 15.4 Å². The number of anilines is 4. The second-order valence-electron chi connectivity index (χ2n) is 6.69. The second-order valence-corrected chi connectivity index (χ2v) is 6.69. The molecule has 1 aromatic carbocycles. The van der Waals surface area contributed by atoms with Gasteiger partial charge in [0.15, 0.2) is 11.6 Å². The van der Waals surface area contributed by atoms with Crippen molar-refractivity contribution in [2.24, 2.45) is 0 Å². The number of hydrogen-bond donors (Lipinski definition) is 2. The fraction of sp³-hybridized carbons (Fsp3) is 0.200. The van der Waals surface area contributed by atoms with Crippen LogP contribution in [0, 0.1) is 13.8 Å². The molecule has 0 saturated carbocycles. The third-order valence-electron chi connectivity index (χ3n) is 4.32. The minimum atomic E-state index is -2.78. The van der Waals surface area contributed by atoms with Gasteiger partial charge in [0.1, 0.15) is 35.9 Å². The monoisotopic (exact) mass is 439 g/mol. The Morgan fingerprint density at radius 1 is 0.969 bits per heavy atom. The van der Waals surface area contributed by atoms with Crippen LogP contribution in [0.5, 0.6) is 5.75 Å². The van der Waals surface area contributed by atoms with Crippen LogP contribution in [-0.2, 0) is 0 Å². The number of benzene rings is 1. The van der Waals surface area contributed by atoms with E-state index in [1.165, 1.54) is 13.4 Å². The molecule has 0 fully saturated rings. The van der Waals surface area contributed by atoms with Crippen molar-refractivity contribution in [1.82, 2.24) is 34.7 Å². The fourth-order valence-corrected chi connectivity index (χ4v) is 3.07. The number of nitrogens with zero attached hydrogens (tertiary/aromatic N) is 7. The van der Waals surface area contributed by atoms with Gasteiger partial charge in [-0.1, -0.05) is 6.07 Å². The van der Waals surface area contributed by atoms with Crippen molar-refractivity contribution in [3.8, 4) is 17.1 Å². The third-order valence-corrected chi connectivity index (χ3v) is 4.32. The first kappa shape index (κ1) is 21.0. The zero-order valence-corrected chi connectivity index (χ0v) is 17.4. The quantitative estimate of drug-likeness (QED) is 0.440. The molecular weight excluding hydrogens is 420 g/mol. The first-order valence-electron chi connectivity index (χ1n) is 9.48. The van der Waals surface area contributed by atoms with Gasteiger partial charge in [0.05, 0.1) is 18.4 Å². The Labute approximate surface area is 181 Å². The Balaban J connectivity index is 1.61. The van der Waals surface area contributed by atoms with Crippen molar-refractivity contribution in [1.29, 1.82) is 0 Å². The molecule has 164 valence electrons. The smallest absolute Gasteiger partial charge is 0.334 e. The number of alkyl halides is 2. The molecule has 0 saturated heterocycles. The molecule has 10 nitrogen and oxygen atoms in total. The van der Waals surface area contributed by atoms with E-state index in [2.05, 4.69) is 40.7 Å². The maximum Gasteiger partial charge on any atom is 0.334 e. The zero-order valence-electron chi connectivity index (χ0n) is 17.4. The van der Waals surface area contributed by atoms with Gasteiger partial charge < -0.3 is 15.4 Å². The predicted molar refractivity (Wildman–Crippen MR) is 113 cm³/mol. The number of aromatic nitrogens is 7. The topological polar surface area (TPSA) is 116 Å². The van der Waals surface area contributed by atoms with Crippen LogP contribution in [-0.4, -0.2) is 41.8 Å². The Morgan fingerprint density at radius 2 is 1.75 bits per heavy atom. The number of nitrogens with one attached hydrogen (secondary N) is 2. The number of rotatable bonds is 7. The summed E-state index contributed by atoms with van der Waals surface area (Å²) < 4.78 is 31.7. The van der Waals surface area contributed by atoms with Crippen molar-refractivity contribution < 1.29 is 13.5 Å². The lowest BCUT2D eigenvalue weighted by Crippen LogP contribution is -2.03. The average Bonchev–Trinajstić information content (AvgIpc) is 3.23. The summed E-state index contributed by atoms with van der Waals surface area (Å²) in [6, 6.07) is 8.68. The average molecular weight is 439 g/mol. The summed E-state index contributed by atoms with van der Waals surface area (Å²) in [6.07, 6.45) is 2.37. The normalized spacial score (nSPS) is 10.9. The maximum absolute atomic E-state index is 12.9. The molecule has 32 heavy (non-hydrogen) atoms. The molecule has 3 aromatic heterocycles. The van der Waals surface area contributed by atoms with Gasteiger partial charge in [0.2, 0.25) is 0 Å². The van der Waals surface area contributed by atoms with Crippen molar-refractivity contribution in [3.63, 3.8) is 0 Å². The van der Waals surface area contributed by atoms with Crippen molar-refractivity contribution >= 4 is 23.1 Å². The molecule has 0 aliphatic rings. The number of aryl methyl sites for hydroxylation is 2. The number of para-hydroxylation sites is 1. The van der Waals surface area contributed by atoms with Crippen LogP contribution >= 0.6 is 0 Å². The summed E-state index contributed by atoms with van der Waals surface area (Å²) in [4.78, 5) is 21.0. The van der Waals surface area contributed by atoms with Crippen molar-refractivity contribution in [3.05, 3.63) is 54.5 Å². The third kappa shape index (κ3) is 4.58. The molecule has 12 heteroatoms. The lowest BCUT2D eigenvalue weighted by atomic mass is 10.1. The molecule has 0 bridgehead atoms. The van der Waals surface area contributed by atoms with Gasteiger partial charge in [0.25, 0.3) is 0 Å². The molecule has 0 spiro atoms. The van der Waals surface area contributed by atoms with E-state index in [-0.39, 0.29) is 5.82 Å². The molecule has 4 rings (SSSR count). The van der Waals surface area contributed by atoms with Gasteiger partial charge in [-0.25, -0.2) is 24.9 Å². The van der Waals surface area contributed by atoms with E-state index in [1.807, 2.05) is 13.8 Å². The van der Waals surface area contributed by atoms with Crippen LogP contribution in [0.1, 0.15) is 18.1 Å². The molecule has 0 radical (unpaired) electrons. The van der Waals surface area contributed by atoms with Crippen LogP contribution in [0.25, 0.3) is 11.4 Å². The number of hydrogen-bond acceptors (Lipinski definition) is 9. The molecule has 0 aliphatic heterocycles. The van der Waals surface area contributed by atoms with E-state index in [9.17, 15) is 8.78 Å². The minimum Gasteiger partial charge on any atom is -0.494 e. The van der Waals surface area contributed by atoms with Gasteiger partial charge in [-0.3, -0.25) is 0 Å². The van der Waals surface area contributed by atoms with Gasteiger partial charge in [-0.05, 0) is 26.0 Å². The summed E-state index contributed by atoms with van der Waals surface area (Å²) in [6.45, 7) is 0.910. The number of ether oxygens (including phenoxy) is 1. The largest absolute Gasteiger partial charge is 0.494 e. The van der Waals surface area contributed by atoms with Crippen LogP contribution in [0.4, 0.5) is 31.9 Å². The van der Waals surface area contributed by atoms with Crippen molar-refractivity contribution in [2.45, 2.75) is 20.4 Å². The Bertz CT molecular complexity index is 1230. The number of methoxy groups -OCH3 is 1.